The van der Waals surface area contributed by atoms with Crippen molar-refractivity contribution in [3.8, 4) is 5.88 Å². The molecule has 0 atom stereocenters. The van der Waals surface area contributed by atoms with Crippen molar-refractivity contribution in [3.63, 3.8) is 0 Å². The number of anilines is 1. The average molecular weight is 284 g/mol. The highest BCUT2D eigenvalue weighted by Gasteiger charge is 2.25. The molecule has 1 aliphatic carbocycles. The summed E-state index contributed by atoms with van der Waals surface area (Å²) in [5.74, 6) is 1.05. The van der Waals surface area contributed by atoms with E-state index in [4.69, 9.17) is 4.74 Å². The van der Waals surface area contributed by atoms with Gasteiger partial charge < -0.3 is 10.1 Å². The zero-order chi connectivity index (χ0) is 14.2. The second-order valence-corrected chi connectivity index (χ2v) is 5.49. The Morgan fingerprint density at radius 3 is 3.00 bits per heavy atom. The zero-order valence-electron chi connectivity index (χ0n) is 11.6. The van der Waals surface area contributed by atoms with Gasteiger partial charge >= 0.3 is 0 Å². The number of rotatable bonds is 3. The maximum Gasteiger partial charge on any atom is 0.257 e. The molecule has 0 aromatic carbocycles. The molecule has 21 heavy (non-hydrogen) atoms. The number of hydrogen-bond acceptors (Lipinski definition) is 4. The fourth-order valence-electron chi connectivity index (χ4n) is 2.51. The maximum atomic E-state index is 12.3. The number of amides is 1. The minimum absolute atomic E-state index is 0.185. The van der Waals surface area contributed by atoms with E-state index in [1.54, 1.807) is 17.1 Å². The van der Waals surface area contributed by atoms with Gasteiger partial charge in [0.1, 0.15) is 5.69 Å². The Morgan fingerprint density at radius 2 is 2.24 bits per heavy atom. The van der Waals surface area contributed by atoms with Crippen LogP contribution in [0.3, 0.4) is 0 Å². The minimum atomic E-state index is -0.185. The average Bonchev–Trinajstić information content (AvgIpc) is 3.30. The lowest BCUT2D eigenvalue weighted by Crippen LogP contribution is -2.17. The fraction of sp³-hybridized carbons (Fsp3) is 0.400. The van der Waals surface area contributed by atoms with Gasteiger partial charge in [-0.15, -0.1) is 0 Å². The third-order valence-corrected chi connectivity index (χ3v) is 3.84. The molecule has 3 heterocycles. The van der Waals surface area contributed by atoms with Gasteiger partial charge in [0.25, 0.3) is 5.91 Å². The summed E-state index contributed by atoms with van der Waals surface area (Å²) in [6.07, 6.45) is 6.62. The topological polar surface area (TPSA) is 69.0 Å². The molecule has 2 aliphatic rings. The van der Waals surface area contributed by atoms with Crippen molar-refractivity contribution in [1.29, 1.82) is 0 Å². The summed E-state index contributed by atoms with van der Waals surface area (Å²) in [7, 11) is 0. The predicted octanol–water partition coefficient (Wildman–Crippen LogP) is 2.19. The Bertz CT molecular complexity index is 673. The molecule has 0 saturated heterocycles. The van der Waals surface area contributed by atoms with Gasteiger partial charge in [-0.2, -0.15) is 5.10 Å². The van der Waals surface area contributed by atoms with Crippen LogP contribution >= 0.6 is 0 Å². The molecular formula is C15H16N4O2. The number of carbonyl (C=O) groups excluding carboxylic acids is 1. The van der Waals surface area contributed by atoms with Crippen LogP contribution in [-0.2, 0) is 6.54 Å². The van der Waals surface area contributed by atoms with Crippen molar-refractivity contribution in [2.75, 3.05) is 11.9 Å². The van der Waals surface area contributed by atoms with E-state index in [0.717, 1.165) is 18.7 Å². The van der Waals surface area contributed by atoms with Gasteiger partial charge in [-0.25, -0.2) is 4.68 Å². The van der Waals surface area contributed by atoms with Crippen molar-refractivity contribution >= 4 is 11.6 Å². The molecule has 2 aromatic heterocycles. The lowest BCUT2D eigenvalue weighted by atomic mass is 10.2. The highest BCUT2D eigenvalue weighted by atomic mass is 16.5. The highest BCUT2D eigenvalue weighted by molar-refractivity contribution is 6.04. The quantitative estimate of drug-likeness (QED) is 0.938. The molecule has 1 fully saturated rings. The number of nitrogens with zero attached hydrogens (tertiary/aromatic N) is 3. The van der Waals surface area contributed by atoms with Crippen molar-refractivity contribution in [2.45, 2.75) is 31.7 Å². The van der Waals surface area contributed by atoms with E-state index in [9.17, 15) is 4.79 Å². The largest absolute Gasteiger partial charge is 0.476 e. The van der Waals surface area contributed by atoms with E-state index in [-0.39, 0.29) is 5.91 Å². The molecule has 0 spiro atoms. The molecule has 1 amide bonds. The normalized spacial score (nSPS) is 17.0. The van der Waals surface area contributed by atoms with Crippen LogP contribution < -0.4 is 10.1 Å². The Kier molecular flexibility index (Phi) is 2.87. The van der Waals surface area contributed by atoms with E-state index >= 15 is 0 Å². The summed E-state index contributed by atoms with van der Waals surface area (Å²) in [5, 5.41) is 7.05. The van der Waals surface area contributed by atoms with Crippen LogP contribution in [0.4, 0.5) is 5.69 Å². The minimum Gasteiger partial charge on any atom is -0.476 e. The van der Waals surface area contributed by atoms with E-state index in [0.29, 0.717) is 29.7 Å². The first-order chi connectivity index (χ1) is 10.3. The van der Waals surface area contributed by atoms with E-state index in [1.165, 1.54) is 12.8 Å². The molecule has 6 heteroatoms. The maximum absolute atomic E-state index is 12.3. The first-order valence-electron chi connectivity index (χ1n) is 7.27. The van der Waals surface area contributed by atoms with Crippen molar-refractivity contribution in [3.05, 3.63) is 35.8 Å². The van der Waals surface area contributed by atoms with Gasteiger partial charge in [0.15, 0.2) is 0 Å². The monoisotopic (exact) mass is 284 g/mol. The van der Waals surface area contributed by atoms with E-state index in [2.05, 4.69) is 15.4 Å². The number of nitrogens with one attached hydrogen (secondary N) is 1. The summed E-state index contributed by atoms with van der Waals surface area (Å²) in [6, 6.07) is 3.77. The number of aromatic nitrogens is 3. The molecule has 0 radical (unpaired) electrons. The van der Waals surface area contributed by atoms with Crippen LogP contribution in [0.5, 0.6) is 5.88 Å². The molecular weight excluding hydrogens is 268 g/mol. The van der Waals surface area contributed by atoms with E-state index < -0.39 is 0 Å². The number of carbonyl (C=O) groups is 1. The van der Waals surface area contributed by atoms with Gasteiger partial charge in [-0.3, -0.25) is 9.78 Å². The molecule has 1 saturated carbocycles. The van der Waals surface area contributed by atoms with Gasteiger partial charge in [0.05, 0.1) is 18.4 Å². The van der Waals surface area contributed by atoms with Crippen LogP contribution in [0.1, 0.15) is 41.2 Å². The second kappa shape index (κ2) is 4.87. The molecule has 0 bridgehead atoms. The first-order valence-corrected chi connectivity index (χ1v) is 7.27. The number of fused-ring (bicyclic) bond motifs is 1. The van der Waals surface area contributed by atoms with Crippen LogP contribution in [0.25, 0.3) is 0 Å². The Labute approximate surface area is 122 Å². The highest BCUT2D eigenvalue weighted by Crippen LogP contribution is 2.38. The summed E-state index contributed by atoms with van der Waals surface area (Å²) < 4.78 is 7.33. The SMILES string of the molecule is O=C(Nc1cnn2c1OCCC2)c1ccc(C2CC2)nc1. The van der Waals surface area contributed by atoms with Gasteiger partial charge in [0, 0.05) is 30.8 Å². The number of ether oxygens (including phenoxy) is 1. The Morgan fingerprint density at radius 1 is 1.33 bits per heavy atom. The van der Waals surface area contributed by atoms with Crippen LogP contribution in [0.2, 0.25) is 0 Å². The summed E-state index contributed by atoms with van der Waals surface area (Å²) in [4.78, 5) is 16.6. The first kappa shape index (κ1) is 12.4. The number of pyridine rings is 1. The molecule has 108 valence electrons. The summed E-state index contributed by atoms with van der Waals surface area (Å²) >= 11 is 0. The van der Waals surface area contributed by atoms with Crippen molar-refractivity contribution in [1.82, 2.24) is 14.8 Å². The number of aryl methyl sites for hydroxylation is 1. The second-order valence-electron chi connectivity index (χ2n) is 5.49. The third kappa shape index (κ3) is 2.37. The summed E-state index contributed by atoms with van der Waals surface area (Å²) in [5.41, 5.74) is 2.25. The standard InChI is InChI=1S/C15H16N4O2/c20-14(11-4-5-12(16-8-11)10-2-3-10)18-13-9-17-19-6-1-7-21-15(13)19/h4-5,8-10H,1-3,6-7H2,(H,18,20). The van der Waals surface area contributed by atoms with Crippen LogP contribution in [0.15, 0.2) is 24.5 Å². The van der Waals surface area contributed by atoms with Crippen molar-refractivity contribution in [2.24, 2.45) is 0 Å². The summed E-state index contributed by atoms with van der Waals surface area (Å²) in [6.45, 7) is 1.48. The fourth-order valence-corrected chi connectivity index (χ4v) is 2.51. The van der Waals surface area contributed by atoms with Crippen molar-refractivity contribution < 1.29 is 9.53 Å². The van der Waals surface area contributed by atoms with Gasteiger partial charge in [-0.05, 0) is 25.0 Å². The molecule has 4 rings (SSSR count). The Hall–Kier alpha value is -2.37. The molecule has 2 aromatic rings. The number of hydrogen-bond donors (Lipinski definition) is 1. The molecule has 1 aliphatic heterocycles. The predicted molar refractivity (Wildman–Crippen MR) is 76.5 cm³/mol. The van der Waals surface area contributed by atoms with E-state index in [1.807, 2.05) is 12.1 Å². The van der Waals surface area contributed by atoms with Crippen LogP contribution in [-0.4, -0.2) is 27.3 Å². The lowest BCUT2D eigenvalue weighted by Gasteiger charge is -2.16. The molecule has 1 N–H and O–H groups in total. The van der Waals surface area contributed by atoms with Gasteiger partial charge in [0.2, 0.25) is 5.88 Å². The zero-order valence-corrected chi connectivity index (χ0v) is 11.6. The lowest BCUT2D eigenvalue weighted by molar-refractivity contribution is 0.102. The molecule has 6 nitrogen and oxygen atoms in total. The Balaban J connectivity index is 1.51. The van der Waals surface area contributed by atoms with Crippen LogP contribution in [0, 0.1) is 0 Å². The van der Waals surface area contributed by atoms with Gasteiger partial charge in [-0.1, -0.05) is 0 Å². The molecule has 0 unspecified atom stereocenters. The third-order valence-electron chi connectivity index (χ3n) is 3.84. The smallest absolute Gasteiger partial charge is 0.257 e.